The number of ether oxygens (including phenoxy) is 1. The fourth-order valence-electron chi connectivity index (χ4n) is 2.24. The van der Waals surface area contributed by atoms with Gasteiger partial charge in [0.1, 0.15) is 5.75 Å². The van der Waals surface area contributed by atoms with E-state index < -0.39 is 0 Å². The van der Waals surface area contributed by atoms with Crippen LogP contribution in [-0.4, -0.2) is 62.6 Å². The maximum absolute atomic E-state index is 12.1. The normalized spacial score (nSPS) is 16.2. The number of carbonyl (C=O) groups excluding carboxylic acids is 1. The van der Waals surface area contributed by atoms with Crippen molar-refractivity contribution in [1.29, 1.82) is 0 Å². The molecule has 0 bridgehead atoms. The summed E-state index contributed by atoms with van der Waals surface area (Å²) < 4.78 is 5.60. The van der Waals surface area contributed by atoms with E-state index in [1.165, 1.54) is 0 Å². The number of nitrogens with zero attached hydrogens (tertiary/aromatic N) is 2. The second-order valence-electron chi connectivity index (χ2n) is 5.15. The van der Waals surface area contributed by atoms with Crippen molar-refractivity contribution in [3.8, 4) is 5.75 Å². The summed E-state index contributed by atoms with van der Waals surface area (Å²) in [5.41, 5.74) is 1.15. The Morgan fingerprint density at radius 2 is 2.05 bits per heavy atom. The molecule has 1 aliphatic rings. The number of nitrogens with one attached hydrogen (secondary N) is 1. The van der Waals surface area contributed by atoms with E-state index >= 15 is 0 Å². The zero-order valence-corrected chi connectivity index (χ0v) is 12.3. The van der Waals surface area contributed by atoms with Crippen molar-refractivity contribution in [1.82, 2.24) is 15.1 Å². The van der Waals surface area contributed by atoms with Gasteiger partial charge in [0.25, 0.3) is 5.91 Å². The Hall–Kier alpha value is -1.59. The molecule has 0 saturated carbocycles. The molecule has 2 rings (SSSR count). The Labute approximate surface area is 120 Å². The highest BCUT2D eigenvalue weighted by molar-refractivity contribution is 5.77. The van der Waals surface area contributed by atoms with Crippen molar-refractivity contribution in [3.05, 3.63) is 29.8 Å². The Morgan fingerprint density at radius 3 is 2.75 bits per heavy atom. The number of amides is 1. The summed E-state index contributed by atoms with van der Waals surface area (Å²) in [6.45, 7) is 4.36. The van der Waals surface area contributed by atoms with Crippen LogP contribution in [0.2, 0.25) is 0 Å². The highest BCUT2D eigenvalue weighted by Crippen LogP contribution is 2.13. The molecule has 1 aliphatic heterocycles. The zero-order chi connectivity index (χ0) is 14.4. The molecule has 1 amide bonds. The summed E-state index contributed by atoms with van der Waals surface area (Å²) in [6, 6.07) is 7.83. The number of carbonyl (C=O) groups is 1. The maximum atomic E-state index is 12.1. The summed E-state index contributed by atoms with van der Waals surface area (Å²) >= 11 is 0. The fourth-order valence-corrected chi connectivity index (χ4v) is 2.24. The van der Waals surface area contributed by atoms with Crippen LogP contribution in [0.1, 0.15) is 5.56 Å². The molecule has 1 heterocycles. The number of likely N-dealkylation sites (N-methyl/N-ethyl adjacent to an activating group) is 1. The lowest BCUT2D eigenvalue weighted by atomic mass is 10.2. The topological polar surface area (TPSA) is 44.8 Å². The Bertz CT molecular complexity index is 442. The lowest BCUT2D eigenvalue weighted by Gasteiger charge is -2.32. The summed E-state index contributed by atoms with van der Waals surface area (Å²) in [5, 5.41) is 3.10. The van der Waals surface area contributed by atoms with Gasteiger partial charge in [-0.3, -0.25) is 4.79 Å². The van der Waals surface area contributed by atoms with Crippen molar-refractivity contribution >= 4 is 5.91 Å². The summed E-state index contributed by atoms with van der Waals surface area (Å²) in [7, 11) is 3.98. The number of rotatable bonds is 5. The van der Waals surface area contributed by atoms with Crippen molar-refractivity contribution < 1.29 is 9.53 Å². The molecular formula is C15H23N3O2. The molecule has 110 valence electrons. The van der Waals surface area contributed by atoms with E-state index in [4.69, 9.17) is 4.74 Å². The third kappa shape index (κ3) is 4.21. The zero-order valence-electron chi connectivity index (χ0n) is 12.3. The largest absolute Gasteiger partial charge is 0.484 e. The number of hydrogen-bond donors (Lipinski definition) is 1. The van der Waals surface area contributed by atoms with E-state index in [0.717, 1.165) is 44.0 Å². The van der Waals surface area contributed by atoms with Gasteiger partial charge in [-0.25, -0.2) is 0 Å². The van der Waals surface area contributed by atoms with Crippen LogP contribution in [0.25, 0.3) is 0 Å². The molecule has 0 aliphatic carbocycles. The van der Waals surface area contributed by atoms with E-state index in [-0.39, 0.29) is 12.5 Å². The molecule has 5 heteroatoms. The third-order valence-electron chi connectivity index (χ3n) is 3.50. The first-order valence-electron chi connectivity index (χ1n) is 7.01. The van der Waals surface area contributed by atoms with E-state index in [1.807, 2.05) is 36.2 Å². The summed E-state index contributed by atoms with van der Waals surface area (Å²) in [4.78, 5) is 16.2. The average molecular weight is 277 g/mol. The van der Waals surface area contributed by atoms with Crippen LogP contribution in [0.4, 0.5) is 0 Å². The van der Waals surface area contributed by atoms with Crippen LogP contribution in [0, 0.1) is 0 Å². The lowest BCUT2D eigenvalue weighted by molar-refractivity contribution is -0.134. The van der Waals surface area contributed by atoms with Crippen LogP contribution < -0.4 is 10.1 Å². The van der Waals surface area contributed by atoms with Crippen LogP contribution in [-0.2, 0) is 11.3 Å². The molecular weight excluding hydrogens is 254 g/mol. The van der Waals surface area contributed by atoms with E-state index in [9.17, 15) is 4.79 Å². The van der Waals surface area contributed by atoms with Crippen LogP contribution in [0.5, 0.6) is 5.75 Å². The first-order chi connectivity index (χ1) is 9.69. The van der Waals surface area contributed by atoms with Crippen molar-refractivity contribution in [2.24, 2.45) is 0 Å². The molecule has 0 unspecified atom stereocenters. The fraction of sp³-hybridized carbons (Fsp3) is 0.533. The first-order valence-corrected chi connectivity index (χ1v) is 7.01. The van der Waals surface area contributed by atoms with Crippen molar-refractivity contribution in [2.75, 3.05) is 46.9 Å². The molecule has 1 aromatic carbocycles. The number of piperazine rings is 1. The number of benzene rings is 1. The minimum atomic E-state index is 0.0668. The first kappa shape index (κ1) is 14.8. The monoisotopic (exact) mass is 277 g/mol. The predicted octanol–water partition coefficient (Wildman–Crippen LogP) is 0.559. The van der Waals surface area contributed by atoms with Gasteiger partial charge in [0, 0.05) is 32.7 Å². The molecule has 0 radical (unpaired) electrons. The molecule has 1 saturated heterocycles. The van der Waals surface area contributed by atoms with Crippen LogP contribution in [0.15, 0.2) is 24.3 Å². The maximum Gasteiger partial charge on any atom is 0.260 e. The molecule has 0 aromatic heterocycles. The van der Waals surface area contributed by atoms with Gasteiger partial charge >= 0.3 is 0 Å². The highest BCUT2D eigenvalue weighted by Gasteiger charge is 2.19. The summed E-state index contributed by atoms with van der Waals surface area (Å²) in [6.07, 6.45) is 0. The molecule has 1 N–H and O–H groups in total. The van der Waals surface area contributed by atoms with Crippen molar-refractivity contribution in [2.45, 2.75) is 6.54 Å². The van der Waals surface area contributed by atoms with Gasteiger partial charge in [-0.05, 0) is 31.8 Å². The van der Waals surface area contributed by atoms with E-state index in [0.29, 0.717) is 0 Å². The number of hydrogen-bond acceptors (Lipinski definition) is 4. The van der Waals surface area contributed by atoms with Gasteiger partial charge in [-0.1, -0.05) is 12.1 Å². The smallest absolute Gasteiger partial charge is 0.260 e. The quantitative estimate of drug-likeness (QED) is 0.854. The summed E-state index contributed by atoms with van der Waals surface area (Å²) in [5.74, 6) is 0.817. The highest BCUT2D eigenvalue weighted by atomic mass is 16.5. The van der Waals surface area contributed by atoms with Gasteiger partial charge < -0.3 is 19.9 Å². The van der Waals surface area contributed by atoms with E-state index in [2.05, 4.69) is 17.3 Å². The van der Waals surface area contributed by atoms with Crippen LogP contribution in [0.3, 0.4) is 0 Å². The average Bonchev–Trinajstić information content (AvgIpc) is 2.46. The molecule has 1 fully saturated rings. The standard InChI is InChI=1S/C15H23N3O2/c1-16-11-13-4-3-5-14(10-13)20-12-15(19)18-8-6-17(2)7-9-18/h3-5,10,16H,6-9,11-12H2,1-2H3. The van der Waals surface area contributed by atoms with Gasteiger partial charge in [-0.15, -0.1) is 0 Å². The van der Waals surface area contributed by atoms with Gasteiger partial charge in [0.15, 0.2) is 6.61 Å². The van der Waals surface area contributed by atoms with Gasteiger partial charge in [0.05, 0.1) is 0 Å². The molecule has 20 heavy (non-hydrogen) atoms. The molecule has 1 aromatic rings. The second-order valence-corrected chi connectivity index (χ2v) is 5.15. The van der Waals surface area contributed by atoms with Crippen LogP contribution >= 0.6 is 0 Å². The minimum Gasteiger partial charge on any atom is -0.484 e. The lowest BCUT2D eigenvalue weighted by Crippen LogP contribution is -2.48. The SMILES string of the molecule is CNCc1cccc(OCC(=O)N2CCN(C)CC2)c1. The minimum absolute atomic E-state index is 0.0668. The second kappa shape index (κ2) is 7.26. The van der Waals surface area contributed by atoms with Gasteiger partial charge in [0.2, 0.25) is 0 Å². The van der Waals surface area contributed by atoms with Gasteiger partial charge in [-0.2, -0.15) is 0 Å². The van der Waals surface area contributed by atoms with E-state index in [1.54, 1.807) is 0 Å². The molecule has 0 atom stereocenters. The Balaban J connectivity index is 1.82. The molecule has 0 spiro atoms. The third-order valence-corrected chi connectivity index (χ3v) is 3.50. The Kier molecular flexibility index (Phi) is 5.38. The van der Waals surface area contributed by atoms with Crippen molar-refractivity contribution in [3.63, 3.8) is 0 Å². The molecule has 5 nitrogen and oxygen atoms in total. The Morgan fingerprint density at radius 1 is 1.30 bits per heavy atom. The predicted molar refractivity (Wildman–Crippen MR) is 78.8 cm³/mol.